The van der Waals surface area contributed by atoms with Gasteiger partial charge in [-0.25, -0.2) is 4.39 Å². The smallest absolute Gasteiger partial charge is 0.223 e. The van der Waals surface area contributed by atoms with Gasteiger partial charge in [-0.2, -0.15) is 4.98 Å². The van der Waals surface area contributed by atoms with Crippen LogP contribution >= 0.6 is 0 Å². The zero-order valence-electron chi connectivity index (χ0n) is 12.8. The van der Waals surface area contributed by atoms with Crippen LogP contribution in [0.1, 0.15) is 36.7 Å². The highest BCUT2D eigenvalue weighted by Gasteiger charge is 2.17. The maximum Gasteiger partial charge on any atom is 0.223 e. The summed E-state index contributed by atoms with van der Waals surface area (Å²) in [6, 6.07) is 5.09. The number of nitrogens with zero attached hydrogens (tertiary/aromatic N) is 2. The van der Waals surface area contributed by atoms with Gasteiger partial charge in [0.1, 0.15) is 5.82 Å². The van der Waals surface area contributed by atoms with Gasteiger partial charge in [-0.1, -0.05) is 17.3 Å². The zero-order chi connectivity index (χ0) is 16.8. The lowest BCUT2D eigenvalue weighted by molar-refractivity contribution is -0.123. The molecule has 1 unspecified atom stereocenters. The zero-order valence-corrected chi connectivity index (χ0v) is 12.8. The second-order valence-electron chi connectivity index (χ2n) is 5.02. The van der Waals surface area contributed by atoms with E-state index < -0.39 is 6.04 Å². The summed E-state index contributed by atoms with van der Waals surface area (Å²) < 4.78 is 17.8. The second kappa shape index (κ2) is 7.48. The maximum absolute atomic E-state index is 13.0. The van der Waals surface area contributed by atoms with Crippen LogP contribution in [0.2, 0.25) is 0 Å². The molecule has 122 valence electrons. The lowest BCUT2D eigenvalue weighted by atomic mass is 10.0. The Kier molecular flexibility index (Phi) is 5.40. The van der Waals surface area contributed by atoms with E-state index in [4.69, 9.17) is 4.52 Å². The monoisotopic (exact) mass is 320 g/mol. The molecule has 1 heterocycles. The SMILES string of the molecule is CC(=O)NC(CC(=O)NCc1noc(C)n1)c1ccc(F)cc1. The van der Waals surface area contributed by atoms with Crippen molar-refractivity contribution in [3.05, 3.63) is 47.4 Å². The highest BCUT2D eigenvalue weighted by Crippen LogP contribution is 2.17. The third-order valence-corrected chi connectivity index (χ3v) is 3.05. The molecule has 0 fully saturated rings. The van der Waals surface area contributed by atoms with Gasteiger partial charge < -0.3 is 15.2 Å². The molecular weight excluding hydrogens is 303 g/mol. The van der Waals surface area contributed by atoms with E-state index in [2.05, 4.69) is 20.8 Å². The van der Waals surface area contributed by atoms with Gasteiger partial charge in [0.2, 0.25) is 17.7 Å². The average Bonchev–Trinajstić information content (AvgIpc) is 2.90. The van der Waals surface area contributed by atoms with Gasteiger partial charge in [0, 0.05) is 13.8 Å². The Bertz CT molecular complexity index is 684. The van der Waals surface area contributed by atoms with E-state index in [0.29, 0.717) is 17.3 Å². The normalized spacial score (nSPS) is 11.8. The third-order valence-electron chi connectivity index (χ3n) is 3.05. The Morgan fingerprint density at radius 1 is 1.30 bits per heavy atom. The summed E-state index contributed by atoms with van der Waals surface area (Å²) in [6.07, 6.45) is 0.0159. The highest BCUT2D eigenvalue weighted by atomic mass is 19.1. The van der Waals surface area contributed by atoms with Gasteiger partial charge in [0.25, 0.3) is 0 Å². The number of carbonyl (C=O) groups excluding carboxylic acids is 2. The molecule has 0 saturated heterocycles. The first-order chi connectivity index (χ1) is 10.9. The molecular formula is C15H17FN4O3. The van der Waals surface area contributed by atoms with E-state index >= 15 is 0 Å². The minimum absolute atomic E-state index is 0.0159. The maximum atomic E-state index is 13.0. The number of hydrogen-bond donors (Lipinski definition) is 2. The van der Waals surface area contributed by atoms with Crippen LogP contribution in [-0.2, 0) is 16.1 Å². The van der Waals surface area contributed by atoms with Crippen molar-refractivity contribution in [3.8, 4) is 0 Å². The Morgan fingerprint density at radius 3 is 2.57 bits per heavy atom. The summed E-state index contributed by atoms with van der Waals surface area (Å²) in [5.41, 5.74) is 0.646. The molecule has 1 atom stereocenters. The van der Waals surface area contributed by atoms with Crippen LogP contribution in [0.3, 0.4) is 0 Å². The summed E-state index contributed by atoms with van der Waals surface area (Å²) in [5.74, 6) is -0.172. The van der Waals surface area contributed by atoms with Gasteiger partial charge >= 0.3 is 0 Å². The molecule has 2 aromatic rings. The van der Waals surface area contributed by atoms with E-state index in [1.54, 1.807) is 6.92 Å². The van der Waals surface area contributed by atoms with Crippen LogP contribution in [0.4, 0.5) is 4.39 Å². The molecule has 2 rings (SSSR count). The third kappa shape index (κ3) is 5.17. The lowest BCUT2D eigenvalue weighted by Crippen LogP contribution is -2.32. The molecule has 0 radical (unpaired) electrons. The minimum atomic E-state index is -0.542. The molecule has 2 amide bonds. The summed E-state index contributed by atoms with van der Waals surface area (Å²) in [5, 5.41) is 9.00. The molecule has 0 spiro atoms. The van der Waals surface area contributed by atoms with Gasteiger partial charge in [0.05, 0.1) is 19.0 Å². The fraction of sp³-hybridized carbons (Fsp3) is 0.333. The van der Waals surface area contributed by atoms with E-state index in [0.717, 1.165) is 0 Å². The molecule has 8 heteroatoms. The van der Waals surface area contributed by atoms with Crippen molar-refractivity contribution in [2.45, 2.75) is 32.9 Å². The summed E-state index contributed by atoms with van der Waals surface area (Å²) in [4.78, 5) is 27.3. The van der Waals surface area contributed by atoms with Gasteiger partial charge in [-0.3, -0.25) is 9.59 Å². The number of hydrogen-bond acceptors (Lipinski definition) is 5. The molecule has 1 aromatic carbocycles. The standard InChI is InChI=1S/C15H17FN4O3/c1-9(21)18-13(11-3-5-12(16)6-4-11)7-15(22)17-8-14-19-10(2)23-20-14/h3-6,13H,7-8H2,1-2H3,(H,17,22)(H,18,21). The van der Waals surface area contributed by atoms with Crippen LogP contribution in [-0.4, -0.2) is 22.0 Å². The van der Waals surface area contributed by atoms with Gasteiger partial charge in [-0.15, -0.1) is 0 Å². The number of aryl methyl sites for hydroxylation is 1. The number of amides is 2. The number of carbonyl (C=O) groups is 2. The van der Waals surface area contributed by atoms with Crippen molar-refractivity contribution < 1.29 is 18.5 Å². The Hall–Kier alpha value is -2.77. The summed E-state index contributed by atoms with van der Waals surface area (Å²) >= 11 is 0. The number of nitrogens with one attached hydrogen (secondary N) is 2. The van der Waals surface area contributed by atoms with Crippen molar-refractivity contribution in [2.75, 3.05) is 0 Å². The van der Waals surface area contributed by atoms with Crippen LogP contribution in [0.15, 0.2) is 28.8 Å². The minimum Gasteiger partial charge on any atom is -0.349 e. The largest absolute Gasteiger partial charge is 0.349 e. The predicted molar refractivity (Wildman–Crippen MR) is 78.5 cm³/mol. The van der Waals surface area contributed by atoms with Crippen molar-refractivity contribution in [2.24, 2.45) is 0 Å². The Balaban J connectivity index is 1.97. The van der Waals surface area contributed by atoms with Gasteiger partial charge in [0.15, 0.2) is 5.82 Å². The van der Waals surface area contributed by atoms with Crippen LogP contribution in [0.5, 0.6) is 0 Å². The highest BCUT2D eigenvalue weighted by molar-refractivity contribution is 5.79. The van der Waals surface area contributed by atoms with Crippen LogP contribution in [0, 0.1) is 12.7 Å². The topological polar surface area (TPSA) is 97.1 Å². The lowest BCUT2D eigenvalue weighted by Gasteiger charge is -2.18. The van der Waals surface area contributed by atoms with E-state index in [1.165, 1.54) is 31.2 Å². The molecule has 0 aliphatic rings. The first-order valence-corrected chi connectivity index (χ1v) is 7.02. The Labute approximate surface area is 132 Å². The number of benzene rings is 1. The second-order valence-corrected chi connectivity index (χ2v) is 5.02. The molecule has 7 nitrogen and oxygen atoms in total. The molecule has 1 aromatic heterocycles. The molecule has 2 N–H and O–H groups in total. The van der Waals surface area contributed by atoms with Crippen LogP contribution < -0.4 is 10.6 Å². The predicted octanol–water partition coefficient (Wildman–Crippen LogP) is 1.40. The van der Waals surface area contributed by atoms with Crippen molar-refractivity contribution in [1.82, 2.24) is 20.8 Å². The van der Waals surface area contributed by atoms with E-state index in [1.807, 2.05) is 0 Å². The first-order valence-electron chi connectivity index (χ1n) is 7.02. The molecule has 23 heavy (non-hydrogen) atoms. The van der Waals surface area contributed by atoms with Crippen molar-refractivity contribution in [1.29, 1.82) is 0 Å². The molecule has 0 aliphatic carbocycles. The van der Waals surface area contributed by atoms with Crippen molar-refractivity contribution in [3.63, 3.8) is 0 Å². The fourth-order valence-electron chi connectivity index (χ4n) is 2.04. The van der Waals surface area contributed by atoms with Crippen molar-refractivity contribution >= 4 is 11.8 Å². The molecule has 0 aliphatic heterocycles. The number of rotatable bonds is 6. The number of aromatic nitrogens is 2. The number of halogens is 1. The first kappa shape index (κ1) is 16.6. The summed E-state index contributed by atoms with van der Waals surface area (Å²) in [7, 11) is 0. The van der Waals surface area contributed by atoms with Gasteiger partial charge in [-0.05, 0) is 17.7 Å². The van der Waals surface area contributed by atoms with Crippen LogP contribution in [0.25, 0.3) is 0 Å². The molecule has 0 saturated carbocycles. The Morgan fingerprint density at radius 2 is 2.00 bits per heavy atom. The quantitative estimate of drug-likeness (QED) is 0.838. The fourth-order valence-corrected chi connectivity index (χ4v) is 2.04. The van der Waals surface area contributed by atoms with E-state index in [-0.39, 0.29) is 30.6 Å². The van der Waals surface area contributed by atoms with E-state index in [9.17, 15) is 14.0 Å². The molecule has 0 bridgehead atoms. The average molecular weight is 320 g/mol. The summed E-state index contributed by atoms with van der Waals surface area (Å²) in [6.45, 7) is 3.14.